The average Bonchev–Trinajstić information content (AvgIpc) is 3.47. The number of benzene rings is 1. The van der Waals surface area contributed by atoms with E-state index in [1.54, 1.807) is 16.2 Å². The summed E-state index contributed by atoms with van der Waals surface area (Å²) in [6, 6.07) is 11.0. The molecule has 2 amide bonds. The number of amides is 2. The van der Waals surface area contributed by atoms with E-state index in [1.165, 1.54) is 0 Å². The van der Waals surface area contributed by atoms with Crippen LogP contribution in [0.2, 0.25) is 0 Å². The molecule has 1 fully saturated rings. The number of ether oxygens (including phenoxy) is 1. The van der Waals surface area contributed by atoms with Crippen molar-refractivity contribution < 1.29 is 18.7 Å². The van der Waals surface area contributed by atoms with Crippen LogP contribution in [0, 0.1) is 12.8 Å². The first kappa shape index (κ1) is 20.2. The summed E-state index contributed by atoms with van der Waals surface area (Å²) in [5.74, 6) is 1.49. The molecule has 1 saturated heterocycles. The predicted octanol–water partition coefficient (Wildman–Crippen LogP) is 3.78. The van der Waals surface area contributed by atoms with Gasteiger partial charge in [0.05, 0.1) is 24.1 Å². The number of carbonyl (C=O) groups excluding carboxylic acids is 2. The molecule has 1 atom stereocenters. The summed E-state index contributed by atoms with van der Waals surface area (Å²) < 4.78 is 11.2. The fraction of sp³-hybridized carbons (Fsp3) is 0.318. The number of nitrogens with one attached hydrogen (secondary N) is 1. The fourth-order valence-electron chi connectivity index (χ4n) is 3.43. The topological polar surface area (TPSA) is 84.7 Å². The van der Waals surface area contributed by atoms with Gasteiger partial charge in [0.15, 0.2) is 5.76 Å². The van der Waals surface area contributed by atoms with Gasteiger partial charge in [0, 0.05) is 24.0 Å². The van der Waals surface area contributed by atoms with Gasteiger partial charge < -0.3 is 19.4 Å². The molecule has 1 unspecified atom stereocenters. The fourth-order valence-corrected chi connectivity index (χ4v) is 4.03. The first-order valence-electron chi connectivity index (χ1n) is 9.85. The van der Waals surface area contributed by atoms with Crippen LogP contribution in [0.3, 0.4) is 0 Å². The third-order valence-corrected chi connectivity index (χ3v) is 5.70. The smallest absolute Gasteiger partial charge is 0.227 e. The molecule has 1 aliphatic rings. The van der Waals surface area contributed by atoms with Crippen molar-refractivity contribution in [1.82, 2.24) is 10.3 Å². The number of hydrogen-bond donors (Lipinski definition) is 1. The Kier molecular flexibility index (Phi) is 5.85. The number of thiazole rings is 1. The van der Waals surface area contributed by atoms with Gasteiger partial charge in [-0.1, -0.05) is 0 Å². The Morgan fingerprint density at radius 2 is 2.10 bits per heavy atom. The van der Waals surface area contributed by atoms with Gasteiger partial charge in [-0.2, -0.15) is 0 Å². The quantitative estimate of drug-likeness (QED) is 0.623. The Bertz CT molecular complexity index is 1040. The number of anilines is 1. The van der Waals surface area contributed by atoms with Crippen LogP contribution < -0.4 is 15.0 Å². The van der Waals surface area contributed by atoms with Crippen LogP contribution >= 0.6 is 11.3 Å². The minimum absolute atomic E-state index is 0.0569. The lowest BCUT2D eigenvalue weighted by molar-refractivity contribution is -0.126. The van der Waals surface area contributed by atoms with Gasteiger partial charge in [-0.3, -0.25) is 9.59 Å². The summed E-state index contributed by atoms with van der Waals surface area (Å²) in [6.07, 6.45) is 0.195. The zero-order chi connectivity index (χ0) is 21.1. The lowest BCUT2D eigenvalue weighted by atomic mass is 10.1. The van der Waals surface area contributed by atoms with E-state index < -0.39 is 0 Å². The number of rotatable bonds is 7. The minimum Gasteiger partial charge on any atom is -0.494 e. The average molecular weight is 426 g/mol. The maximum absolute atomic E-state index is 12.6. The number of carbonyl (C=O) groups is 2. The van der Waals surface area contributed by atoms with E-state index in [2.05, 4.69) is 10.3 Å². The van der Waals surface area contributed by atoms with Gasteiger partial charge in [0.2, 0.25) is 11.8 Å². The molecule has 0 spiro atoms. The molecule has 8 heteroatoms. The van der Waals surface area contributed by atoms with E-state index >= 15 is 0 Å². The van der Waals surface area contributed by atoms with Crippen molar-refractivity contribution in [3.8, 4) is 17.2 Å². The Labute approximate surface area is 178 Å². The third-order valence-electron chi connectivity index (χ3n) is 4.93. The van der Waals surface area contributed by atoms with E-state index in [4.69, 9.17) is 9.15 Å². The Morgan fingerprint density at radius 3 is 2.80 bits per heavy atom. The van der Waals surface area contributed by atoms with Crippen LogP contribution in [0.25, 0.3) is 11.5 Å². The van der Waals surface area contributed by atoms with Crippen molar-refractivity contribution in [2.24, 2.45) is 5.92 Å². The van der Waals surface area contributed by atoms with Crippen LogP contribution in [0.1, 0.15) is 24.1 Å². The van der Waals surface area contributed by atoms with E-state index in [9.17, 15) is 9.59 Å². The second kappa shape index (κ2) is 8.71. The maximum Gasteiger partial charge on any atom is 0.227 e. The normalized spacial score (nSPS) is 16.1. The van der Waals surface area contributed by atoms with Crippen LogP contribution in [-0.2, 0) is 16.1 Å². The van der Waals surface area contributed by atoms with E-state index in [1.807, 2.05) is 55.6 Å². The number of aromatic nitrogens is 1. The summed E-state index contributed by atoms with van der Waals surface area (Å²) >= 11 is 1.56. The zero-order valence-corrected chi connectivity index (χ0v) is 17.7. The molecular weight excluding hydrogens is 402 g/mol. The van der Waals surface area contributed by atoms with Crippen LogP contribution in [0.4, 0.5) is 5.69 Å². The van der Waals surface area contributed by atoms with Gasteiger partial charge in [-0.25, -0.2) is 4.98 Å². The van der Waals surface area contributed by atoms with Gasteiger partial charge in [-0.05, 0) is 50.2 Å². The summed E-state index contributed by atoms with van der Waals surface area (Å²) in [5, 5.41) is 5.79. The molecular formula is C22H23N3O4S. The lowest BCUT2D eigenvalue weighted by Crippen LogP contribution is -2.32. The molecule has 156 valence electrons. The van der Waals surface area contributed by atoms with Crippen LogP contribution in [0.5, 0.6) is 5.75 Å². The molecule has 0 saturated carbocycles. The first-order chi connectivity index (χ1) is 14.5. The SMILES string of the molecule is CCOc1ccc(N2CC(C(=O)NCc3ccc(-c4csc(C)n4)o3)CC2=O)cc1. The van der Waals surface area contributed by atoms with E-state index in [-0.39, 0.29) is 30.7 Å². The molecule has 7 nitrogen and oxygen atoms in total. The number of aryl methyl sites for hydroxylation is 1. The van der Waals surface area contributed by atoms with Gasteiger partial charge in [0.1, 0.15) is 17.2 Å². The van der Waals surface area contributed by atoms with Crippen molar-refractivity contribution in [3.63, 3.8) is 0 Å². The molecule has 1 N–H and O–H groups in total. The van der Waals surface area contributed by atoms with Crippen LogP contribution in [-0.4, -0.2) is 29.9 Å². The molecule has 4 rings (SSSR count). The molecule has 3 heterocycles. The van der Waals surface area contributed by atoms with Crippen molar-refractivity contribution in [2.75, 3.05) is 18.1 Å². The number of furan rings is 1. The number of nitrogens with zero attached hydrogens (tertiary/aromatic N) is 2. The first-order valence-corrected chi connectivity index (χ1v) is 10.7. The lowest BCUT2D eigenvalue weighted by Gasteiger charge is -2.17. The Hall–Kier alpha value is -3.13. The monoisotopic (exact) mass is 425 g/mol. The Morgan fingerprint density at radius 1 is 1.30 bits per heavy atom. The maximum atomic E-state index is 12.6. The third kappa shape index (κ3) is 4.38. The van der Waals surface area contributed by atoms with Crippen molar-refractivity contribution in [2.45, 2.75) is 26.8 Å². The Balaban J connectivity index is 1.33. The molecule has 2 aromatic heterocycles. The molecule has 1 aliphatic heterocycles. The molecule has 0 radical (unpaired) electrons. The molecule has 0 bridgehead atoms. The molecule has 3 aromatic rings. The highest BCUT2D eigenvalue weighted by Gasteiger charge is 2.35. The molecule has 0 aliphatic carbocycles. The molecule has 1 aromatic carbocycles. The van der Waals surface area contributed by atoms with Gasteiger partial charge in [-0.15, -0.1) is 11.3 Å². The van der Waals surface area contributed by atoms with Crippen LogP contribution in [0.15, 0.2) is 46.2 Å². The second-order valence-electron chi connectivity index (χ2n) is 7.07. The largest absolute Gasteiger partial charge is 0.494 e. The highest BCUT2D eigenvalue weighted by molar-refractivity contribution is 7.09. The van der Waals surface area contributed by atoms with E-state index in [0.717, 1.165) is 22.1 Å². The van der Waals surface area contributed by atoms with Crippen molar-refractivity contribution in [3.05, 3.63) is 52.5 Å². The predicted molar refractivity (Wildman–Crippen MR) is 114 cm³/mol. The number of hydrogen-bond acceptors (Lipinski definition) is 6. The van der Waals surface area contributed by atoms with Crippen molar-refractivity contribution >= 4 is 28.8 Å². The van der Waals surface area contributed by atoms with E-state index in [0.29, 0.717) is 24.7 Å². The van der Waals surface area contributed by atoms with Crippen molar-refractivity contribution in [1.29, 1.82) is 0 Å². The zero-order valence-electron chi connectivity index (χ0n) is 16.9. The summed E-state index contributed by atoms with van der Waals surface area (Å²) in [6.45, 7) is 5.09. The summed E-state index contributed by atoms with van der Waals surface area (Å²) in [5.41, 5.74) is 1.57. The second-order valence-corrected chi connectivity index (χ2v) is 8.13. The van der Waals surface area contributed by atoms with Gasteiger partial charge >= 0.3 is 0 Å². The summed E-state index contributed by atoms with van der Waals surface area (Å²) in [7, 11) is 0. The molecule has 30 heavy (non-hydrogen) atoms. The minimum atomic E-state index is -0.389. The highest BCUT2D eigenvalue weighted by atomic mass is 32.1. The summed E-state index contributed by atoms with van der Waals surface area (Å²) in [4.78, 5) is 31.1. The standard InChI is InChI=1S/C22H23N3O4S/c1-3-28-17-6-4-16(5-7-17)25-12-15(10-21(25)26)22(27)23-11-18-8-9-20(29-18)19-13-30-14(2)24-19/h4-9,13,15H,3,10-12H2,1-2H3,(H,23,27). The highest BCUT2D eigenvalue weighted by Crippen LogP contribution is 2.27. The van der Waals surface area contributed by atoms with Gasteiger partial charge in [0.25, 0.3) is 0 Å².